The molecule has 0 saturated carbocycles. The van der Waals surface area contributed by atoms with Gasteiger partial charge in [-0.05, 0) is 25.4 Å². The van der Waals surface area contributed by atoms with E-state index in [1.165, 1.54) is 4.88 Å². The monoisotopic (exact) mass is 298 g/mol. The van der Waals surface area contributed by atoms with Crippen molar-refractivity contribution in [1.82, 2.24) is 19.9 Å². The maximum Gasteiger partial charge on any atom is 0.231 e. The summed E-state index contributed by atoms with van der Waals surface area (Å²) in [5, 5.41) is 3.22. The van der Waals surface area contributed by atoms with Crippen LogP contribution in [0, 0.1) is 6.92 Å². The van der Waals surface area contributed by atoms with Crippen LogP contribution in [0.3, 0.4) is 0 Å². The van der Waals surface area contributed by atoms with Crippen LogP contribution < -0.4 is 10.2 Å². The predicted molar refractivity (Wildman–Crippen MR) is 78.0 cm³/mol. The summed E-state index contributed by atoms with van der Waals surface area (Å²) in [6, 6.07) is 0. The summed E-state index contributed by atoms with van der Waals surface area (Å²) in [6.07, 6.45) is 0. The molecule has 0 radical (unpaired) electrons. The minimum absolute atomic E-state index is 0.189. The van der Waals surface area contributed by atoms with E-state index >= 15 is 0 Å². The summed E-state index contributed by atoms with van der Waals surface area (Å²) in [5.74, 6) is 1.04. The van der Waals surface area contributed by atoms with Gasteiger partial charge in [0, 0.05) is 18.5 Å². The molecule has 0 amide bonds. The molecule has 2 heterocycles. The lowest BCUT2D eigenvalue weighted by atomic mass is 10.4. The summed E-state index contributed by atoms with van der Waals surface area (Å²) < 4.78 is 0. The largest absolute Gasteiger partial charge is 0.354 e. The van der Waals surface area contributed by atoms with Crippen molar-refractivity contribution in [2.45, 2.75) is 20.4 Å². The highest BCUT2D eigenvalue weighted by Gasteiger charge is 2.11. The van der Waals surface area contributed by atoms with Gasteiger partial charge in [-0.3, -0.25) is 0 Å². The molecule has 0 aromatic carbocycles. The minimum atomic E-state index is 0.189. The lowest BCUT2D eigenvalue weighted by Crippen LogP contribution is -2.20. The van der Waals surface area contributed by atoms with E-state index in [9.17, 15) is 0 Å². The molecule has 19 heavy (non-hydrogen) atoms. The number of nitrogens with one attached hydrogen (secondary N) is 1. The second kappa shape index (κ2) is 6.12. The highest BCUT2D eigenvalue weighted by molar-refractivity contribution is 7.09. The Kier molecular flexibility index (Phi) is 4.49. The van der Waals surface area contributed by atoms with Crippen molar-refractivity contribution in [2.24, 2.45) is 0 Å². The fourth-order valence-corrected chi connectivity index (χ4v) is 2.50. The number of aromatic nitrogens is 4. The molecule has 0 aliphatic carbocycles. The predicted octanol–water partition coefficient (Wildman–Crippen LogP) is 2.36. The molecule has 2 rings (SSSR count). The molecular formula is C11H15ClN6S. The number of nitrogens with zero attached hydrogens (tertiary/aromatic N) is 5. The van der Waals surface area contributed by atoms with Gasteiger partial charge in [-0.2, -0.15) is 15.0 Å². The van der Waals surface area contributed by atoms with Gasteiger partial charge in [-0.1, -0.05) is 0 Å². The second-order valence-electron chi connectivity index (χ2n) is 3.98. The minimum Gasteiger partial charge on any atom is -0.354 e. The molecule has 0 aliphatic heterocycles. The molecule has 1 N–H and O–H groups in total. The zero-order chi connectivity index (χ0) is 13.8. The van der Waals surface area contributed by atoms with Crippen molar-refractivity contribution in [2.75, 3.05) is 23.8 Å². The van der Waals surface area contributed by atoms with Crippen molar-refractivity contribution >= 4 is 34.8 Å². The molecule has 0 bridgehead atoms. The standard InChI is InChI=1S/C11H15ClN6S/c1-4-13-10-15-9(12)16-11(17-10)18(3)5-8-7(2)14-6-19-8/h6H,4-5H2,1-3H3,(H,13,15,16,17). The van der Waals surface area contributed by atoms with Crippen LogP contribution in [0.1, 0.15) is 17.5 Å². The van der Waals surface area contributed by atoms with Crippen LogP contribution in [0.2, 0.25) is 5.28 Å². The summed E-state index contributed by atoms with van der Waals surface area (Å²) in [5.41, 5.74) is 2.87. The lowest BCUT2D eigenvalue weighted by molar-refractivity contribution is 0.855. The van der Waals surface area contributed by atoms with E-state index in [0.717, 1.165) is 12.2 Å². The van der Waals surface area contributed by atoms with Gasteiger partial charge in [0.05, 0.1) is 17.7 Å². The molecule has 2 aromatic heterocycles. The van der Waals surface area contributed by atoms with Crippen LogP contribution in [0.5, 0.6) is 0 Å². The third-order valence-corrected chi connectivity index (χ3v) is 3.59. The molecule has 0 aliphatic rings. The van der Waals surface area contributed by atoms with Gasteiger partial charge in [0.15, 0.2) is 0 Å². The van der Waals surface area contributed by atoms with Gasteiger partial charge >= 0.3 is 0 Å². The Labute approximate surface area is 120 Å². The average molecular weight is 299 g/mol. The topological polar surface area (TPSA) is 66.8 Å². The smallest absolute Gasteiger partial charge is 0.231 e. The molecular weight excluding hydrogens is 284 g/mol. The SMILES string of the molecule is CCNc1nc(Cl)nc(N(C)Cc2scnc2C)n1. The molecule has 102 valence electrons. The van der Waals surface area contributed by atoms with E-state index < -0.39 is 0 Å². The molecule has 0 fully saturated rings. The molecule has 2 aromatic rings. The van der Waals surface area contributed by atoms with E-state index in [1.807, 2.05) is 31.3 Å². The first-order valence-electron chi connectivity index (χ1n) is 5.85. The fourth-order valence-electron chi connectivity index (χ4n) is 1.51. The molecule has 0 saturated heterocycles. The van der Waals surface area contributed by atoms with E-state index in [2.05, 4.69) is 25.3 Å². The Morgan fingerprint density at radius 1 is 1.37 bits per heavy atom. The van der Waals surface area contributed by atoms with Crippen LogP contribution in [0.25, 0.3) is 0 Å². The van der Waals surface area contributed by atoms with E-state index in [-0.39, 0.29) is 5.28 Å². The highest BCUT2D eigenvalue weighted by atomic mass is 35.5. The highest BCUT2D eigenvalue weighted by Crippen LogP contribution is 2.18. The van der Waals surface area contributed by atoms with Gasteiger partial charge < -0.3 is 10.2 Å². The third-order valence-electron chi connectivity index (χ3n) is 2.50. The summed E-state index contributed by atoms with van der Waals surface area (Å²) >= 11 is 7.52. The zero-order valence-electron chi connectivity index (χ0n) is 11.0. The van der Waals surface area contributed by atoms with Crippen molar-refractivity contribution in [3.8, 4) is 0 Å². The van der Waals surface area contributed by atoms with Crippen molar-refractivity contribution in [1.29, 1.82) is 0 Å². The van der Waals surface area contributed by atoms with Crippen LogP contribution in [0.15, 0.2) is 5.51 Å². The van der Waals surface area contributed by atoms with E-state index in [1.54, 1.807) is 11.3 Å². The van der Waals surface area contributed by atoms with Crippen LogP contribution in [0.4, 0.5) is 11.9 Å². The maximum atomic E-state index is 5.90. The van der Waals surface area contributed by atoms with Crippen LogP contribution in [-0.2, 0) is 6.54 Å². The first-order valence-corrected chi connectivity index (χ1v) is 7.11. The van der Waals surface area contributed by atoms with Gasteiger partial charge in [0.25, 0.3) is 0 Å². The maximum absolute atomic E-state index is 5.90. The number of thiazole rings is 1. The Morgan fingerprint density at radius 2 is 2.16 bits per heavy atom. The fraction of sp³-hybridized carbons (Fsp3) is 0.455. The van der Waals surface area contributed by atoms with E-state index in [4.69, 9.17) is 11.6 Å². The Balaban J connectivity index is 2.18. The average Bonchev–Trinajstić information content (AvgIpc) is 2.75. The number of hydrogen-bond acceptors (Lipinski definition) is 7. The van der Waals surface area contributed by atoms with Crippen molar-refractivity contribution < 1.29 is 0 Å². The number of anilines is 2. The normalized spacial score (nSPS) is 10.5. The molecule has 0 unspecified atom stereocenters. The number of hydrogen-bond donors (Lipinski definition) is 1. The second-order valence-corrected chi connectivity index (χ2v) is 5.25. The number of halogens is 1. The third kappa shape index (κ3) is 3.51. The molecule has 0 atom stereocenters. The Hall–Kier alpha value is -1.47. The first-order chi connectivity index (χ1) is 9.10. The molecule has 6 nitrogen and oxygen atoms in total. The van der Waals surface area contributed by atoms with Gasteiger partial charge in [-0.25, -0.2) is 4.98 Å². The van der Waals surface area contributed by atoms with Gasteiger partial charge in [0.2, 0.25) is 17.2 Å². The molecule has 0 spiro atoms. The van der Waals surface area contributed by atoms with Gasteiger partial charge in [0.1, 0.15) is 0 Å². The lowest BCUT2D eigenvalue weighted by Gasteiger charge is -2.17. The molecule has 8 heteroatoms. The zero-order valence-corrected chi connectivity index (χ0v) is 12.6. The van der Waals surface area contributed by atoms with Crippen molar-refractivity contribution in [3.63, 3.8) is 0 Å². The summed E-state index contributed by atoms with van der Waals surface area (Å²) in [6.45, 7) is 5.39. The van der Waals surface area contributed by atoms with Crippen LogP contribution >= 0.6 is 22.9 Å². The number of aryl methyl sites for hydroxylation is 1. The Bertz CT molecular complexity index is 558. The van der Waals surface area contributed by atoms with Crippen molar-refractivity contribution in [3.05, 3.63) is 21.4 Å². The van der Waals surface area contributed by atoms with Crippen LogP contribution in [-0.4, -0.2) is 33.5 Å². The quantitative estimate of drug-likeness (QED) is 0.914. The van der Waals surface area contributed by atoms with E-state index in [0.29, 0.717) is 18.4 Å². The van der Waals surface area contributed by atoms with Gasteiger partial charge in [-0.15, -0.1) is 11.3 Å². The summed E-state index contributed by atoms with van der Waals surface area (Å²) in [7, 11) is 1.92. The summed E-state index contributed by atoms with van der Waals surface area (Å²) in [4.78, 5) is 19.8. The number of rotatable bonds is 5. The first kappa shape index (κ1) is 14.0. The Morgan fingerprint density at radius 3 is 2.79 bits per heavy atom.